The van der Waals surface area contributed by atoms with Crippen LogP contribution in [-0.4, -0.2) is 17.5 Å². The Morgan fingerprint density at radius 2 is 1.68 bits per heavy atom. The van der Waals surface area contributed by atoms with Crippen LogP contribution < -0.4 is 0 Å². The molecule has 5 nitrogen and oxygen atoms in total. The van der Waals surface area contributed by atoms with Crippen molar-refractivity contribution in [2.75, 3.05) is 6.61 Å². The van der Waals surface area contributed by atoms with Gasteiger partial charge in [0.15, 0.2) is 0 Å². The summed E-state index contributed by atoms with van der Waals surface area (Å²) < 4.78 is 5.22. The molecular formula is C20H19NO4. The number of nitro benzene ring substituents is 1. The number of nitro groups is 1. The molecule has 1 unspecified atom stereocenters. The highest BCUT2D eigenvalue weighted by atomic mass is 16.6. The number of hydrogen-bond donors (Lipinski definition) is 0. The Labute approximate surface area is 146 Å². The van der Waals surface area contributed by atoms with Crippen molar-refractivity contribution in [1.82, 2.24) is 0 Å². The number of ether oxygens (including phenoxy) is 1. The molecule has 0 amide bonds. The Morgan fingerprint density at radius 3 is 2.24 bits per heavy atom. The fourth-order valence-corrected chi connectivity index (χ4v) is 2.92. The van der Waals surface area contributed by atoms with Crippen molar-refractivity contribution in [3.63, 3.8) is 0 Å². The Kier molecular flexibility index (Phi) is 4.65. The third kappa shape index (κ3) is 3.31. The van der Waals surface area contributed by atoms with Crippen LogP contribution in [0.15, 0.2) is 48.5 Å². The molecule has 0 N–H and O–H groups in total. The van der Waals surface area contributed by atoms with E-state index in [0.717, 1.165) is 17.6 Å². The number of carbonyl (C=O) groups excluding carboxylic acids is 1. The highest BCUT2D eigenvalue weighted by Crippen LogP contribution is 2.34. The molecule has 0 spiro atoms. The van der Waals surface area contributed by atoms with Crippen LogP contribution in [0.4, 0.5) is 5.69 Å². The third-order valence-electron chi connectivity index (χ3n) is 4.66. The van der Waals surface area contributed by atoms with E-state index < -0.39 is 10.9 Å². The smallest absolute Gasteiger partial charge is 0.339 e. The van der Waals surface area contributed by atoms with Crippen molar-refractivity contribution < 1.29 is 14.5 Å². The second-order valence-electron chi connectivity index (χ2n) is 6.16. The lowest BCUT2D eigenvalue weighted by Crippen LogP contribution is -1.99. The highest BCUT2D eigenvalue weighted by Gasteiger charge is 2.27. The van der Waals surface area contributed by atoms with E-state index in [0.29, 0.717) is 17.1 Å². The molecule has 25 heavy (non-hydrogen) atoms. The molecule has 0 aromatic heterocycles. The summed E-state index contributed by atoms with van der Waals surface area (Å²) in [6, 6.07) is 14.1. The molecule has 5 heteroatoms. The van der Waals surface area contributed by atoms with Crippen LogP contribution in [-0.2, 0) is 9.53 Å². The Bertz CT molecular complexity index is 835. The molecule has 0 fully saturated rings. The summed E-state index contributed by atoms with van der Waals surface area (Å²) in [5.41, 5.74) is 4.12. The van der Waals surface area contributed by atoms with Crippen LogP contribution >= 0.6 is 0 Å². The lowest BCUT2D eigenvalue weighted by atomic mass is 9.93. The number of cyclic esters (lactones) is 1. The average Bonchev–Trinajstić information content (AvgIpc) is 3.02. The number of nitrogens with zero attached hydrogens (tertiary/aromatic N) is 1. The van der Waals surface area contributed by atoms with Crippen molar-refractivity contribution in [2.45, 2.75) is 26.2 Å². The number of rotatable bonds is 5. The maximum Gasteiger partial charge on any atom is 0.339 e. The van der Waals surface area contributed by atoms with E-state index in [1.165, 1.54) is 17.7 Å². The van der Waals surface area contributed by atoms with Gasteiger partial charge in [0.25, 0.3) is 5.69 Å². The molecule has 2 aromatic rings. The molecule has 0 saturated carbocycles. The lowest BCUT2D eigenvalue weighted by molar-refractivity contribution is -0.384. The molecule has 1 atom stereocenters. The van der Waals surface area contributed by atoms with Gasteiger partial charge in [0.1, 0.15) is 6.61 Å². The normalized spacial score (nSPS) is 15.2. The minimum Gasteiger partial charge on any atom is -0.457 e. The molecule has 1 heterocycles. The highest BCUT2D eigenvalue weighted by molar-refractivity contribution is 6.27. The lowest BCUT2D eigenvalue weighted by Gasteiger charge is -2.10. The number of esters is 1. The predicted molar refractivity (Wildman–Crippen MR) is 96.0 cm³/mol. The second-order valence-corrected chi connectivity index (χ2v) is 6.16. The van der Waals surface area contributed by atoms with Crippen molar-refractivity contribution in [3.05, 3.63) is 75.3 Å². The first-order valence-electron chi connectivity index (χ1n) is 8.26. The Balaban J connectivity index is 2.00. The third-order valence-corrected chi connectivity index (χ3v) is 4.66. The first-order valence-corrected chi connectivity index (χ1v) is 8.26. The standard InChI is InChI=1S/C20H19NO4/c1-3-13(2)14-4-6-15(7-5-14)18-12-25-20(22)19(18)16-8-10-17(11-9-16)21(23)24/h4-11,13H,3,12H2,1-2H3. The zero-order valence-electron chi connectivity index (χ0n) is 14.2. The summed E-state index contributed by atoms with van der Waals surface area (Å²) in [6.45, 7) is 4.55. The van der Waals surface area contributed by atoms with Gasteiger partial charge in [-0.3, -0.25) is 10.1 Å². The number of hydrogen-bond acceptors (Lipinski definition) is 4. The second kappa shape index (κ2) is 6.89. The zero-order chi connectivity index (χ0) is 18.0. The fourth-order valence-electron chi connectivity index (χ4n) is 2.92. The van der Waals surface area contributed by atoms with Gasteiger partial charge in [0.05, 0.1) is 10.5 Å². The zero-order valence-corrected chi connectivity index (χ0v) is 14.2. The largest absolute Gasteiger partial charge is 0.457 e. The summed E-state index contributed by atoms with van der Waals surface area (Å²) in [6.07, 6.45) is 1.07. The predicted octanol–water partition coefficient (Wildman–Crippen LogP) is 4.58. The van der Waals surface area contributed by atoms with E-state index in [9.17, 15) is 14.9 Å². The maximum atomic E-state index is 12.2. The molecule has 0 radical (unpaired) electrons. The van der Waals surface area contributed by atoms with Crippen LogP contribution in [0.1, 0.15) is 42.9 Å². The van der Waals surface area contributed by atoms with Crippen molar-refractivity contribution >= 4 is 22.8 Å². The van der Waals surface area contributed by atoms with E-state index in [4.69, 9.17) is 4.74 Å². The first kappa shape index (κ1) is 16.9. The van der Waals surface area contributed by atoms with Crippen LogP contribution in [0.25, 0.3) is 11.1 Å². The Hall–Kier alpha value is -2.95. The van der Waals surface area contributed by atoms with Gasteiger partial charge in [-0.15, -0.1) is 0 Å². The summed E-state index contributed by atoms with van der Waals surface area (Å²) in [7, 11) is 0. The van der Waals surface area contributed by atoms with E-state index in [1.807, 2.05) is 12.1 Å². The van der Waals surface area contributed by atoms with Crippen LogP contribution in [0.5, 0.6) is 0 Å². The molecule has 3 rings (SSSR count). The first-order chi connectivity index (χ1) is 12.0. The van der Waals surface area contributed by atoms with Gasteiger partial charge in [-0.25, -0.2) is 4.79 Å². The molecule has 2 aromatic carbocycles. The minimum absolute atomic E-state index is 0.00447. The number of benzene rings is 2. The molecule has 128 valence electrons. The topological polar surface area (TPSA) is 69.4 Å². The van der Waals surface area contributed by atoms with Gasteiger partial charge >= 0.3 is 5.97 Å². The molecule has 0 bridgehead atoms. The van der Waals surface area contributed by atoms with Gasteiger partial charge in [-0.1, -0.05) is 38.1 Å². The summed E-state index contributed by atoms with van der Waals surface area (Å²) in [5, 5.41) is 10.8. The van der Waals surface area contributed by atoms with Crippen LogP contribution in [0, 0.1) is 10.1 Å². The van der Waals surface area contributed by atoms with E-state index >= 15 is 0 Å². The molecule has 1 aliphatic rings. The quantitative estimate of drug-likeness (QED) is 0.455. The van der Waals surface area contributed by atoms with E-state index in [-0.39, 0.29) is 12.3 Å². The summed E-state index contributed by atoms with van der Waals surface area (Å²) >= 11 is 0. The minimum atomic E-state index is -0.459. The fraction of sp³-hybridized carbons (Fsp3) is 0.250. The van der Waals surface area contributed by atoms with Crippen molar-refractivity contribution in [1.29, 1.82) is 0 Å². The summed E-state index contributed by atoms with van der Waals surface area (Å²) in [4.78, 5) is 22.5. The van der Waals surface area contributed by atoms with Gasteiger partial charge in [-0.05, 0) is 41.2 Å². The van der Waals surface area contributed by atoms with Gasteiger partial charge in [-0.2, -0.15) is 0 Å². The molecule has 0 aliphatic carbocycles. The van der Waals surface area contributed by atoms with Gasteiger partial charge in [0, 0.05) is 17.7 Å². The van der Waals surface area contributed by atoms with Gasteiger partial charge < -0.3 is 4.74 Å². The molecular weight excluding hydrogens is 318 g/mol. The van der Waals surface area contributed by atoms with E-state index in [2.05, 4.69) is 26.0 Å². The SMILES string of the molecule is CCC(C)c1ccc(C2=C(c3ccc([N+](=O)[O-])cc3)C(=O)OC2)cc1. The molecule has 0 saturated heterocycles. The number of carbonyl (C=O) groups is 1. The van der Waals surface area contributed by atoms with Gasteiger partial charge in [0.2, 0.25) is 0 Å². The maximum absolute atomic E-state index is 12.2. The average molecular weight is 337 g/mol. The van der Waals surface area contributed by atoms with Crippen molar-refractivity contribution in [3.8, 4) is 0 Å². The van der Waals surface area contributed by atoms with Crippen LogP contribution in [0.3, 0.4) is 0 Å². The van der Waals surface area contributed by atoms with Crippen LogP contribution in [0.2, 0.25) is 0 Å². The van der Waals surface area contributed by atoms with E-state index in [1.54, 1.807) is 12.1 Å². The monoisotopic (exact) mass is 337 g/mol. The van der Waals surface area contributed by atoms with Crippen molar-refractivity contribution in [2.24, 2.45) is 0 Å². The Morgan fingerprint density at radius 1 is 1.08 bits per heavy atom. The number of non-ortho nitro benzene ring substituents is 1. The molecule has 1 aliphatic heterocycles. The summed E-state index contributed by atoms with van der Waals surface area (Å²) in [5.74, 6) is 0.0912.